The van der Waals surface area contributed by atoms with Crippen LogP contribution in [0.3, 0.4) is 0 Å². The van der Waals surface area contributed by atoms with Gasteiger partial charge in [0.2, 0.25) is 0 Å². The van der Waals surface area contributed by atoms with Gasteiger partial charge in [-0.15, -0.1) is 0 Å². The fraction of sp³-hybridized carbons (Fsp3) is 0.429. The average molecular weight is 551 g/mol. The number of aryl methyl sites for hydroxylation is 1. The van der Waals surface area contributed by atoms with Crippen LogP contribution in [0, 0.1) is 24.0 Å². The molecule has 5 rings (SSSR count). The van der Waals surface area contributed by atoms with Crippen LogP contribution in [-0.2, 0) is 4.74 Å². The number of rotatable bonds is 9. The van der Waals surface area contributed by atoms with Crippen molar-refractivity contribution in [1.82, 2.24) is 24.7 Å². The summed E-state index contributed by atoms with van der Waals surface area (Å²) in [5.74, 6) is 0.567. The number of benzene rings is 1. The van der Waals surface area contributed by atoms with E-state index < -0.39 is 0 Å². The second-order valence-electron chi connectivity index (χ2n) is 9.90. The molecule has 39 heavy (non-hydrogen) atoms. The van der Waals surface area contributed by atoms with E-state index >= 15 is 0 Å². The van der Waals surface area contributed by atoms with Gasteiger partial charge in [-0.2, -0.15) is 0 Å². The number of nitrogens with zero attached hydrogens (tertiary/aromatic N) is 5. The highest BCUT2D eigenvalue weighted by Gasteiger charge is 2.41. The molecule has 10 nitrogen and oxygen atoms in total. The molecular formula is C28H34N6O4S. The largest absolute Gasteiger partial charge is 0.495 e. The van der Waals surface area contributed by atoms with E-state index in [0.29, 0.717) is 16.5 Å². The SMILES string of the molecule is COc1ccc([N+](=O)[O-])cc1-n1c(C)cc([C@@H]2[C@H](c3ccccn3)NC(=S)N2CCCN2CCOCC2)c1C. The maximum absolute atomic E-state index is 11.6. The minimum absolute atomic E-state index is 0.0136. The molecule has 2 saturated heterocycles. The van der Waals surface area contributed by atoms with Crippen molar-refractivity contribution in [2.75, 3.05) is 46.5 Å². The van der Waals surface area contributed by atoms with Gasteiger partial charge in [0.25, 0.3) is 5.69 Å². The molecule has 0 spiro atoms. The number of morpholine rings is 1. The van der Waals surface area contributed by atoms with Gasteiger partial charge in [0, 0.05) is 55.9 Å². The summed E-state index contributed by atoms with van der Waals surface area (Å²) in [6.45, 7) is 9.29. The Balaban J connectivity index is 1.53. The molecule has 1 N–H and O–H groups in total. The predicted octanol–water partition coefficient (Wildman–Crippen LogP) is 4.10. The zero-order valence-corrected chi connectivity index (χ0v) is 23.3. The molecular weight excluding hydrogens is 516 g/mol. The molecule has 2 atom stereocenters. The van der Waals surface area contributed by atoms with E-state index in [1.165, 1.54) is 6.07 Å². The van der Waals surface area contributed by atoms with E-state index in [2.05, 4.69) is 26.2 Å². The molecule has 2 aromatic heterocycles. The van der Waals surface area contributed by atoms with Gasteiger partial charge in [0.15, 0.2) is 5.11 Å². The van der Waals surface area contributed by atoms with Gasteiger partial charge in [0.05, 0.1) is 48.7 Å². The lowest BCUT2D eigenvalue weighted by Gasteiger charge is -2.30. The number of hydrogen-bond acceptors (Lipinski definition) is 7. The lowest BCUT2D eigenvalue weighted by atomic mass is 9.96. The molecule has 11 heteroatoms. The molecule has 0 amide bonds. The molecule has 3 aromatic rings. The Morgan fingerprint density at radius 2 is 1.97 bits per heavy atom. The van der Waals surface area contributed by atoms with Crippen LogP contribution in [0.5, 0.6) is 5.75 Å². The Kier molecular flexibility index (Phi) is 8.10. The topological polar surface area (TPSA) is 97.9 Å². The maximum Gasteiger partial charge on any atom is 0.271 e. The van der Waals surface area contributed by atoms with Crippen LogP contribution in [0.15, 0.2) is 48.7 Å². The Morgan fingerprint density at radius 3 is 2.67 bits per heavy atom. The van der Waals surface area contributed by atoms with Crippen molar-refractivity contribution in [3.05, 3.63) is 81.4 Å². The van der Waals surface area contributed by atoms with Crippen LogP contribution >= 0.6 is 12.2 Å². The van der Waals surface area contributed by atoms with Gasteiger partial charge in [-0.3, -0.25) is 20.0 Å². The van der Waals surface area contributed by atoms with Gasteiger partial charge < -0.3 is 24.3 Å². The predicted molar refractivity (Wildman–Crippen MR) is 152 cm³/mol. The normalized spacial score (nSPS) is 19.8. The van der Waals surface area contributed by atoms with Crippen LogP contribution in [0.1, 0.15) is 41.1 Å². The van der Waals surface area contributed by atoms with Crippen molar-refractivity contribution in [3.8, 4) is 11.4 Å². The second-order valence-corrected chi connectivity index (χ2v) is 10.3. The molecule has 1 aromatic carbocycles. The second kappa shape index (κ2) is 11.7. The molecule has 0 bridgehead atoms. The fourth-order valence-electron chi connectivity index (χ4n) is 5.70. The summed E-state index contributed by atoms with van der Waals surface area (Å²) < 4.78 is 13.1. The summed E-state index contributed by atoms with van der Waals surface area (Å²) >= 11 is 5.88. The number of nitrogens with one attached hydrogen (secondary N) is 1. The molecule has 2 fully saturated rings. The van der Waals surface area contributed by atoms with Gasteiger partial charge in [-0.25, -0.2) is 0 Å². The number of thiocarbonyl (C=S) groups is 1. The third-order valence-corrected chi connectivity index (χ3v) is 7.93. The summed E-state index contributed by atoms with van der Waals surface area (Å²) in [5, 5.41) is 15.8. The number of hydrogen-bond donors (Lipinski definition) is 1. The fourth-order valence-corrected chi connectivity index (χ4v) is 6.03. The summed E-state index contributed by atoms with van der Waals surface area (Å²) in [6.07, 6.45) is 2.76. The van der Waals surface area contributed by atoms with Crippen LogP contribution < -0.4 is 10.1 Å². The first kappa shape index (κ1) is 27.0. The van der Waals surface area contributed by atoms with Gasteiger partial charge in [-0.1, -0.05) is 6.07 Å². The van der Waals surface area contributed by atoms with Gasteiger partial charge in [0.1, 0.15) is 5.75 Å². The van der Waals surface area contributed by atoms with E-state index in [1.807, 2.05) is 36.6 Å². The van der Waals surface area contributed by atoms with Crippen LogP contribution in [0.4, 0.5) is 5.69 Å². The minimum atomic E-state index is -0.384. The van der Waals surface area contributed by atoms with Gasteiger partial charge in [-0.05, 0) is 62.3 Å². The highest BCUT2D eigenvalue weighted by molar-refractivity contribution is 7.80. The summed E-state index contributed by atoms with van der Waals surface area (Å²) in [7, 11) is 1.58. The zero-order valence-electron chi connectivity index (χ0n) is 22.5. The Hall–Kier alpha value is -3.54. The lowest BCUT2D eigenvalue weighted by molar-refractivity contribution is -0.384. The number of non-ortho nitro benzene ring substituents is 1. The van der Waals surface area contributed by atoms with E-state index in [0.717, 1.165) is 68.5 Å². The van der Waals surface area contributed by atoms with Gasteiger partial charge >= 0.3 is 0 Å². The van der Waals surface area contributed by atoms with Crippen LogP contribution in [-0.4, -0.2) is 75.9 Å². The molecule has 206 valence electrons. The maximum atomic E-state index is 11.6. The third-order valence-electron chi connectivity index (χ3n) is 7.58. The first-order valence-electron chi connectivity index (χ1n) is 13.2. The molecule has 0 saturated carbocycles. The highest BCUT2D eigenvalue weighted by atomic mass is 32.1. The van der Waals surface area contributed by atoms with Crippen molar-refractivity contribution in [3.63, 3.8) is 0 Å². The number of ether oxygens (including phenoxy) is 2. The zero-order chi connectivity index (χ0) is 27.5. The molecule has 2 aliphatic heterocycles. The molecule has 0 unspecified atom stereocenters. The minimum Gasteiger partial charge on any atom is -0.495 e. The van der Waals surface area contributed by atoms with E-state index in [4.69, 9.17) is 21.7 Å². The van der Waals surface area contributed by atoms with Crippen molar-refractivity contribution in [1.29, 1.82) is 0 Å². The number of nitro benzene ring substituents is 1. The Morgan fingerprint density at radius 1 is 1.18 bits per heavy atom. The van der Waals surface area contributed by atoms with Crippen molar-refractivity contribution < 1.29 is 14.4 Å². The number of pyridine rings is 1. The first-order valence-corrected chi connectivity index (χ1v) is 13.6. The molecule has 4 heterocycles. The molecule has 0 aliphatic carbocycles. The van der Waals surface area contributed by atoms with E-state index in [-0.39, 0.29) is 22.7 Å². The van der Waals surface area contributed by atoms with Crippen molar-refractivity contribution in [2.24, 2.45) is 0 Å². The smallest absolute Gasteiger partial charge is 0.271 e. The van der Waals surface area contributed by atoms with Crippen LogP contribution in [0.25, 0.3) is 5.69 Å². The van der Waals surface area contributed by atoms with E-state index in [9.17, 15) is 10.1 Å². The highest BCUT2D eigenvalue weighted by Crippen LogP contribution is 2.42. The Labute approximate surface area is 233 Å². The lowest BCUT2D eigenvalue weighted by Crippen LogP contribution is -2.39. The average Bonchev–Trinajstić information content (AvgIpc) is 3.43. The summed E-state index contributed by atoms with van der Waals surface area (Å²) in [4.78, 5) is 20.6. The monoisotopic (exact) mass is 550 g/mol. The quantitative estimate of drug-likeness (QED) is 0.240. The molecule has 2 aliphatic rings. The Bertz CT molecular complexity index is 1340. The van der Waals surface area contributed by atoms with E-state index in [1.54, 1.807) is 25.4 Å². The summed E-state index contributed by atoms with van der Waals surface area (Å²) in [5.41, 5.74) is 4.58. The standard InChI is InChI=1S/C28H34N6O4S/c1-19-17-22(20(2)33(19)24-18-21(34(35)36)8-9-25(24)37-3)27-26(23-7-4-5-10-29-23)30-28(39)32(27)12-6-11-31-13-15-38-16-14-31/h4-5,7-10,17-18,26-27H,6,11-16H2,1-3H3,(H,30,39)/t26-,27+/m0/s1. The number of methoxy groups -OCH3 is 1. The van der Waals surface area contributed by atoms with Crippen molar-refractivity contribution >= 4 is 23.0 Å². The number of nitro groups is 1. The van der Waals surface area contributed by atoms with Crippen molar-refractivity contribution in [2.45, 2.75) is 32.4 Å². The third kappa shape index (κ3) is 5.47. The first-order chi connectivity index (χ1) is 18.9. The van der Waals surface area contributed by atoms with Crippen LogP contribution in [0.2, 0.25) is 0 Å². The summed E-state index contributed by atoms with van der Waals surface area (Å²) in [6, 6.07) is 12.5. The molecule has 0 radical (unpaired) electrons. The number of aromatic nitrogens is 2.